The van der Waals surface area contributed by atoms with Gasteiger partial charge >= 0.3 is 0 Å². The number of benzene rings is 2. The molecule has 0 atom stereocenters. The number of likely N-dealkylation sites (tertiary alicyclic amines) is 1. The molecule has 3 aromatic rings. The molecule has 1 saturated heterocycles. The lowest BCUT2D eigenvalue weighted by Crippen LogP contribution is -2.42. The molecule has 2 aromatic carbocycles. The number of thiazole rings is 1. The zero-order chi connectivity index (χ0) is 19.5. The van der Waals surface area contributed by atoms with Crippen LogP contribution in [0.2, 0.25) is 0 Å². The maximum Gasteiger partial charge on any atom is 0.265 e. The van der Waals surface area contributed by atoms with E-state index < -0.39 is 0 Å². The molecule has 4 rings (SSSR count). The van der Waals surface area contributed by atoms with Crippen LogP contribution in [0.25, 0.3) is 10.8 Å². The maximum absolute atomic E-state index is 13.7. The van der Waals surface area contributed by atoms with Gasteiger partial charge in [0, 0.05) is 24.5 Å². The smallest absolute Gasteiger partial charge is 0.265 e. The van der Waals surface area contributed by atoms with Crippen LogP contribution in [-0.4, -0.2) is 41.5 Å². The van der Waals surface area contributed by atoms with Gasteiger partial charge in [0.15, 0.2) is 5.13 Å². The third-order valence-corrected chi connectivity index (χ3v) is 5.58. The topological polar surface area (TPSA) is 62.7 Å². The lowest BCUT2D eigenvalue weighted by molar-refractivity contribution is -0.127. The molecule has 1 aromatic heterocycles. The summed E-state index contributed by atoms with van der Waals surface area (Å²) in [6.07, 6.45) is 3.01. The average Bonchev–Trinajstić information content (AvgIpc) is 3.37. The number of carbonyl (C=O) groups is 2. The van der Waals surface area contributed by atoms with E-state index in [0.29, 0.717) is 36.0 Å². The van der Waals surface area contributed by atoms with Crippen LogP contribution < -0.4 is 9.64 Å². The third-order valence-electron chi connectivity index (χ3n) is 4.78. The van der Waals surface area contributed by atoms with Crippen LogP contribution in [0.5, 0.6) is 5.75 Å². The van der Waals surface area contributed by atoms with Gasteiger partial charge in [0.25, 0.3) is 5.91 Å². The predicted molar refractivity (Wildman–Crippen MR) is 110 cm³/mol. The number of anilines is 1. The zero-order valence-corrected chi connectivity index (χ0v) is 16.4. The fraction of sp³-hybridized carbons (Fsp3) is 0.286. The van der Waals surface area contributed by atoms with Gasteiger partial charge < -0.3 is 9.64 Å². The van der Waals surface area contributed by atoms with Crippen LogP contribution in [-0.2, 0) is 4.79 Å². The molecule has 1 fully saturated rings. The molecule has 0 unspecified atom stereocenters. The van der Waals surface area contributed by atoms with Gasteiger partial charge in [0.2, 0.25) is 5.91 Å². The summed E-state index contributed by atoms with van der Waals surface area (Å²) >= 11 is 1.38. The van der Waals surface area contributed by atoms with Crippen molar-refractivity contribution in [3.63, 3.8) is 0 Å². The number of fused-ring (bicyclic) bond motifs is 1. The largest absolute Gasteiger partial charge is 0.493 e. The second-order valence-electron chi connectivity index (χ2n) is 6.54. The van der Waals surface area contributed by atoms with Gasteiger partial charge in [-0.15, -0.1) is 11.3 Å². The first kappa shape index (κ1) is 18.4. The highest BCUT2D eigenvalue weighted by Crippen LogP contribution is 2.32. The Labute approximate surface area is 167 Å². The minimum atomic E-state index is -0.213. The standard InChI is InChI=1S/C21H21N3O3S/c1-2-27-17-10-9-15-6-3-4-7-16(15)19(17)20(26)24(21-22-11-13-28-21)14-23-12-5-8-18(23)25/h3-4,6-7,9-11,13H,2,5,8,12,14H2,1H3. The van der Waals surface area contributed by atoms with Crippen molar-refractivity contribution in [2.75, 3.05) is 24.7 Å². The number of nitrogens with zero attached hydrogens (tertiary/aromatic N) is 3. The second-order valence-corrected chi connectivity index (χ2v) is 7.42. The maximum atomic E-state index is 13.7. The molecule has 1 aliphatic rings. The van der Waals surface area contributed by atoms with Crippen molar-refractivity contribution >= 4 is 39.1 Å². The number of hydrogen-bond acceptors (Lipinski definition) is 5. The summed E-state index contributed by atoms with van der Waals surface area (Å²) in [7, 11) is 0. The zero-order valence-electron chi connectivity index (χ0n) is 15.6. The fourth-order valence-corrected chi connectivity index (χ4v) is 4.10. The van der Waals surface area contributed by atoms with Gasteiger partial charge in [-0.2, -0.15) is 0 Å². The lowest BCUT2D eigenvalue weighted by Gasteiger charge is -2.27. The summed E-state index contributed by atoms with van der Waals surface area (Å²) in [5.74, 6) is 0.396. The number of rotatable bonds is 6. The van der Waals surface area contributed by atoms with Crippen LogP contribution in [0.3, 0.4) is 0 Å². The van der Waals surface area contributed by atoms with E-state index in [0.717, 1.165) is 17.2 Å². The van der Waals surface area contributed by atoms with Gasteiger partial charge in [0.1, 0.15) is 12.4 Å². The van der Waals surface area contributed by atoms with E-state index in [2.05, 4.69) is 4.98 Å². The van der Waals surface area contributed by atoms with E-state index >= 15 is 0 Å². The van der Waals surface area contributed by atoms with E-state index in [1.807, 2.05) is 48.7 Å². The van der Waals surface area contributed by atoms with Crippen LogP contribution in [0.1, 0.15) is 30.1 Å². The Morgan fingerprint density at radius 1 is 1.29 bits per heavy atom. The third kappa shape index (κ3) is 3.45. The monoisotopic (exact) mass is 395 g/mol. The van der Waals surface area contributed by atoms with E-state index in [-0.39, 0.29) is 18.5 Å². The van der Waals surface area contributed by atoms with Crippen molar-refractivity contribution < 1.29 is 14.3 Å². The molecule has 2 heterocycles. The van der Waals surface area contributed by atoms with Gasteiger partial charge in [-0.25, -0.2) is 4.98 Å². The minimum Gasteiger partial charge on any atom is -0.493 e. The van der Waals surface area contributed by atoms with Crippen LogP contribution in [0.15, 0.2) is 48.0 Å². The number of ether oxygens (including phenoxy) is 1. The molecule has 6 nitrogen and oxygen atoms in total. The fourth-order valence-electron chi connectivity index (χ4n) is 3.47. The highest BCUT2D eigenvalue weighted by molar-refractivity contribution is 7.13. The summed E-state index contributed by atoms with van der Waals surface area (Å²) in [6, 6.07) is 11.5. The second kappa shape index (κ2) is 7.98. The molecule has 7 heteroatoms. The number of carbonyl (C=O) groups excluding carboxylic acids is 2. The average molecular weight is 395 g/mol. The Kier molecular flexibility index (Phi) is 5.25. The molecule has 0 bridgehead atoms. The van der Waals surface area contributed by atoms with Crippen LogP contribution in [0, 0.1) is 0 Å². The molecular formula is C21H21N3O3S. The van der Waals surface area contributed by atoms with Crippen molar-refractivity contribution in [2.24, 2.45) is 0 Å². The van der Waals surface area contributed by atoms with Crippen molar-refractivity contribution in [1.82, 2.24) is 9.88 Å². The van der Waals surface area contributed by atoms with E-state index in [1.54, 1.807) is 16.0 Å². The van der Waals surface area contributed by atoms with Crippen molar-refractivity contribution in [3.05, 3.63) is 53.5 Å². The van der Waals surface area contributed by atoms with Gasteiger partial charge in [0.05, 0.1) is 12.2 Å². The number of amides is 2. The minimum absolute atomic E-state index is 0.0670. The molecule has 28 heavy (non-hydrogen) atoms. The summed E-state index contributed by atoms with van der Waals surface area (Å²) in [5.41, 5.74) is 0.502. The van der Waals surface area contributed by atoms with Crippen LogP contribution in [0.4, 0.5) is 5.13 Å². The Hall–Kier alpha value is -2.93. The Morgan fingerprint density at radius 3 is 2.86 bits per heavy atom. The van der Waals surface area contributed by atoms with Gasteiger partial charge in [-0.05, 0) is 30.2 Å². The van der Waals surface area contributed by atoms with E-state index in [9.17, 15) is 9.59 Å². The first-order chi connectivity index (χ1) is 13.7. The molecule has 0 radical (unpaired) electrons. The summed E-state index contributed by atoms with van der Waals surface area (Å²) < 4.78 is 5.78. The van der Waals surface area contributed by atoms with Crippen molar-refractivity contribution in [1.29, 1.82) is 0 Å². The number of hydrogen-bond donors (Lipinski definition) is 0. The Bertz CT molecular complexity index is 1000. The van der Waals surface area contributed by atoms with E-state index in [1.165, 1.54) is 11.3 Å². The first-order valence-electron chi connectivity index (χ1n) is 9.32. The summed E-state index contributed by atoms with van der Waals surface area (Å²) in [5, 5.41) is 4.19. The van der Waals surface area contributed by atoms with Crippen LogP contribution >= 0.6 is 11.3 Å². The van der Waals surface area contributed by atoms with E-state index in [4.69, 9.17) is 4.74 Å². The number of aromatic nitrogens is 1. The highest BCUT2D eigenvalue weighted by atomic mass is 32.1. The Balaban J connectivity index is 1.80. The normalized spacial score (nSPS) is 13.9. The quantitative estimate of drug-likeness (QED) is 0.635. The molecule has 0 aliphatic carbocycles. The summed E-state index contributed by atoms with van der Waals surface area (Å²) in [4.78, 5) is 33.5. The molecule has 2 amide bonds. The molecule has 1 aliphatic heterocycles. The first-order valence-corrected chi connectivity index (χ1v) is 10.2. The molecular weight excluding hydrogens is 374 g/mol. The van der Waals surface area contributed by atoms with Crippen molar-refractivity contribution in [3.8, 4) is 5.75 Å². The van der Waals surface area contributed by atoms with Crippen molar-refractivity contribution in [2.45, 2.75) is 19.8 Å². The molecule has 144 valence electrons. The van der Waals surface area contributed by atoms with Gasteiger partial charge in [-0.1, -0.05) is 30.3 Å². The lowest BCUT2D eigenvalue weighted by atomic mass is 10.0. The predicted octanol–water partition coefficient (Wildman–Crippen LogP) is 3.92. The van der Waals surface area contributed by atoms with Gasteiger partial charge in [-0.3, -0.25) is 14.5 Å². The molecule has 0 saturated carbocycles. The highest BCUT2D eigenvalue weighted by Gasteiger charge is 2.30. The SMILES string of the molecule is CCOc1ccc2ccccc2c1C(=O)N(CN1CCCC1=O)c1nccs1. The Morgan fingerprint density at radius 2 is 2.14 bits per heavy atom. The molecule has 0 N–H and O–H groups in total. The summed E-state index contributed by atoms with van der Waals surface area (Å²) in [6.45, 7) is 3.20. The molecule has 0 spiro atoms.